The van der Waals surface area contributed by atoms with Crippen molar-refractivity contribution in [1.82, 2.24) is 4.98 Å². The van der Waals surface area contributed by atoms with Crippen LogP contribution in [0.5, 0.6) is 0 Å². The number of aromatic nitrogens is 1. The van der Waals surface area contributed by atoms with Gasteiger partial charge < -0.3 is 0 Å². The van der Waals surface area contributed by atoms with Gasteiger partial charge in [-0.05, 0) is 41.0 Å². The SMILES string of the molecule is Fc1ccc(/C(=C\c2cscn2)c2ccccc2Br)cc1. The van der Waals surface area contributed by atoms with E-state index in [9.17, 15) is 4.39 Å². The van der Waals surface area contributed by atoms with Crippen LogP contribution in [0.25, 0.3) is 11.6 Å². The first-order valence-corrected chi connectivity index (χ1v) is 8.08. The van der Waals surface area contributed by atoms with E-state index in [0.29, 0.717) is 0 Å². The van der Waals surface area contributed by atoms with Crippen molar-refractivity contribution in [2.45, 2.75) is 0 Å². The molecule has 0 saturated heterocycles. The summed E-state index contributed by atoms with van der Waals surface area (Å²) < 4.78 is 14.2. The molecule has 21 heavy (non-hydrogen) atoms. The van der Waals surface area contributed by atoms with Gasteiger partial charge >= 0.3 is 0 Å². The van der Waals surface area contributed by atoms with Crippen molar-refractivity contribution < 1.29 is 4.39 Å². The lowest BCUT2D eigenvalue weighted by molar-refractivity contribution is 0.627. The van der Waals surface area contributed by atoms with Gasteiger partial charge in [0.25, 0.3) is 0 Å². The third kappa shape index (κ3) is 3.28. The molecule has 0 atom stereocenters. The maximum Gasteiger partial charge on any atom is 0.123 e. The van der Waals surface area contributed by atoms with Gasteiger partial charge in [0, 0.05) is 9.85 Å². The Kier molecular flexibility index (Phi) is 4.27. The van der Waals surface area contributed by atoms with E-state index >= 15 is 0 Å². The number of halogens is 2. The van der Waals surface area contributed by atoms with E-state index in [1.807, 2.05) is 35.7 Å². The van der Waals surface area contributed by atoms with E-state index in [0.717, 1.165) is 26.9 Å². The normalized spacial score (nSPS) is 11.6. The zero-order valence-electron chi connectivity index (χ0n) is 11.0. The van der Waals surface area contributed by atoms with Crippen molar-refractivity contribution in [1.29, 1.82) is 0 Å². The number of benzene rings is 2. The molecule has 1 heterocycles. The lowest BCUT2D eigenvalue weighted by Crippen LogP contribution is -1.90. The van der Waals surface area contributed by atoms with Crippen LogP contribution < -0.4 is 0 Å². The molecular formula is C17H11BrFNS. The van der Waals surface area contributed by atoms with E-state index in [-0.39, 0.29) is 5.82 Å². The van der Waals surface area contributed by atoms with Crippen molar-refractivity contribution in [2.24, 2.45) is 0 Å². The Bertz CT molecular complexity index is 764. The van der Waals surface area contributed by atoms with Crippen LogP contribution in [0.2, 0.25) is 0 Å². The third-order valence-electron chi connectivity index (χ3n) is 3.06. The Labute approximate surface area is 134 Å². The average Bonchev–Trinajstić information content (AvgIpc) is 3.00. The first kappa shape index (κ1) is 14.2. The fraction of sp³-hybridized carbons (Fsp3) is 0. The summed E-state index contributed by atoms with van der Waals surface area (Å²) >= 11 is 5.13. The van der Waals surface area contributed by atoms with Gasteiger partial charge in [-0.3, -0.25) is 0 Å². The van der Waals surface area contributed by atoms with Crippen molar-refractivity contribution in [3.05, 3.63) is 86.5 Å². The molecule has 0 aliphatic carbocycles. The summed E-state index contributed by atoms with van der Waals surface area (Å²) in [5, 5.41) is 1.99. The lowest BCUT2D eigenvalue weighted by atomic mass is 9.97. The molecule has 104 valence electrons. The quantitative estimate of drug-likeness (QED) is 0.590. The molecule has 0 fully saturated rings. The van der Waals surface area contributed by atoms with E-state index < -0.39 is 0 Å². The second-order valence-corrected chi connectivity index (χ2v) is 6.03. The number of rotatable bonds is 3. The van der Waals surface area contributed by atoms with Crippen LogP contribution in [0.4, 0.5) is 4.39 Å². The Balaban J connectivity index is 2.16. The Morgan fingerprint density at radius 3 is 2.52 bits per heavy atom. The number of thiazole rings is 1. The highest BCUT2D eigenvalue weighted by Gasteiger charge is 2.09. The highest BCUT2D eigenvalue weighted by molar-refractivity contribution is 9.10. The zero-order valence-corrected chi connectivity index (χ0v) is 13.4. The molecule has 3 rings (SSSR count). The molecule has 0 saturated carbocycles. The van der Waals surface area contributed by atoms with Crippen LogP contribution in [0.1, 0.15) is 16.8 Å². The molecule has 2 aromatic carbocycles. The predicted molar refractivity (Wildman–Crippen MR) is 89.6 cm³/mol. The minimum absolute atomic E-state index is 0.237. The summed E-state index contributed by atoms with van der Waals surface area (Å²) in [7, 11) is 0. The monoisotopic (exact) mass is 359 g/mol. The Morgan fingerprint density at radius 1 is 1.10 bits per heavy atom. The average molecular weight is 360 g/mol. The van der Waals surface area contributed by atoms with Crippen molar-refractivity contribution in [3.63, 3.8) is 0 Å². The number of hydrogen-bond acceptors (Lipinski definition) is 2. The third-order valence-corrected chi connectivity index (χ3v) is 4.36. The summed E-state index contributed by atoms with van der Waals surface area (Å²) in [6.07, 6.45) is 2.02. The van der Waals surface area contributed by atoms with Crippen molar-refractivity contribution in [3.8, 4) is 0 Å². The second-order valence-electron chi connectivity index (χ2n) is 4.46. The molecule has 0 unspecified atom stereocenters. The minimum Gasteiger partial charge on any atom is -0.245 e. The van der Waals surface area contributed by atoms with Gasteiger partial charge in [-0.15, -0.1) is 11.3 Å². The van der Waals surface area contributed by atoms with Gasteiger partial charge in [0.1, 0.15) is 5.82 Å². The van der Waals surface area contributed by atoms with E-state index in [1.165, 1.54) is 12.1 Å². The molecule has 0 N–H and O–H groups in total. The van der Waals surface area contributed by atoms with Crippen LogP contribution in [-0.4, -0.2) is 4.98 Å². The van der Waals surface area contributed by atoms with Gasteiger partial charge in [0.15, 0.2) is 0 Å². The van der Waals surface area contributed by atoms with Crippen LogP contribution >= 0.6 is 27.3 Å². The lowest BCUT2D eigenvalue weighted by Gasteiger charge is -2.10. The number of nitrogens with zero attached hydrogens (tertiary/aromatic N) is 1. The van der Waals surface area contributed by atoms with Crippen molar-refractivity contribution in [2.75, 3.05) is 0 Å². The largest absolute Gasteiger partial charge is 0.245 e. The Hall–Kier alpha value is -1.78. The van der Waals surface area contributed by atoms with Gasteiger partial charge in [-0.25, -0.2) is 9.37 Å². The minimum atomic E-state index is -0.237. The zero-order chi connectivity index (χ0) is 14.7. The van der Waals surface area contributed by atoms with Gasteiger partial charge in [-0.1, -0.05) is 46.3 Å². The Morgan fingerprint density at radius 2 is 1.86 bits per heavy atom. The number of hydrogen-bond donors (Lipinski definition) is 0. The topological polar surface area (TPSA) is 12.9 Å². The van der Waals surface area contributed by atoms with Crippen LogP contribution in [0, 0.1) is 5.82 Å². The molecule has 1 nitrogen and oxygen atoms in total. The smallest absolute Gasteiger partial charge is 0.123 e. The second kappa shape index (κ2) is 6.33. The molecular weight excluding hydrogens is 349 g/mol. The molecule has 0 amide bonds. The molecule has 0 spiro atoms. The van der Waals surface area contributed by atoms with E-state index in [2.05, 4.69) is 20.9 Å². The van der Waals surface area contributed by atoms with Crippen molar-refractivity contribution >= 4 is 38.9 Å². The highest BCUT2D eigenvalue weighted by atomic mass is 79.9. The fourth-order valence-electron chi connectivity index (χ4n) is 2.07. The van der Waals surface area contributed by atoms with Crippen LogP contribution in [-0.2, 0) is 0 Å². The summed E-state index contributed by atoms with van der Waals surface area (Å²) in [6.45, 7) is 0. The molecule has 4 heteroatoms. The van der Waals surface area contributed by atoms with Crippen LogP contribution in [0.3, 0.4) is 0 Å². The summed E-state index contributed by atoms with van der Waals surface area (Å²) in [5.41, 5.74) is 5.71. The van der Waals surface area contributed by atoms with Crippen LogP contribution in [0.15, 0.2) is 63.9 Å². The maximum absolute atomic E-state index is 13.2. The molecule has 0 bridgehead atoms. The van der Waals surface area contributed by atoms with E-state index in [4.69, 9.17) is 0 Å². The van der Waals surface area contributed by atoms with Gasteiger partial charge in [-0.2, -0.15) is 0 Å². The molecule has 0 aliphatic heterocycles. The summed E-state index contributed by atoms with van der Waals surface area (Å²) in [6, 6.07) is 14.5. The predicted octanol–water partition coefficient (Wildman–Crippen LogP) is 5.63. The molecule has 0 aliphatic rings. The fourth-order valence-corrected chi connectivity index (χ4v) is 3.08. The molecule has 3 aromatic rings. The standard InChI is InChI=1S/C17H11BrFNS/c18-17-4-2-1-3-15(17)16(9-14-10-21-11-20-14)12-5-7-13(19)8-6-12/h1-11H/b16-9+. The van der Waals surface area contributed by atoms with Gasteiger partial charge in [0.2, 0.25) is 0 Å². The molecule has 1 aromatic heterocycles. The highest BCUT2D eigenvalue weighted by Crippen LogP contribution is 2.31. The first-order chi connectivity index (χ1) is 10.2. The van der Waals surface area contributed by atoms with E-state index in [1.54, 1.807) is 29.0 Å². The summed E-state index contributed by atoms with van der Waals surface area (Å²) in [4.78, 5) is 4.31. The summed E-state index contributed by atoms with van der Waals surface area (Å²) in [5.74, 6) is -0.237. The first-order valence-electron chi connectivity index (χ1n) is 6.35. The maximum atomic E-state index is 13.2. The van der Waals surface area contributed by atoms with Gasteiger partial charge in [0.05, 0.1) is 11.2 Å². The molecule has 0 radical (unpaired) electrons.